The van der Waals surface area contributed by atoms with E-state index in [0.717, 1.165) is 32.4 Å². The van der Waals surface area contributed by atoms with E-state index in [0.29, 0.717) is 23.8 Å². The summed E-state index contributed by atoms with van der Waals surface area (Å²) in [5.41, 5.74) is 0. The Labute approximate surface area is 119 Å². The molecule has 0 saturated carbocycles. The van der Waals surface area contributed by atoms with E-state index in [9.17, 15) is 0 Å². The molecule has 20 heavy (non-hydrogen) atoms. The SMILES string of the molecule is COc1cc(OC)nc(NCCCCC2CCCO2)n1. The van der Waals surface area contributed by atoms with Gasteiger partial charge in [-0.25, -0.2) is 0 Å². The Kier molecular flexibility index (Phi) is 5.86. The minimum atomic E-state index is 0.475. The standard InChI is InChI=1S/C14H23N3O3/c1-18-12-10-13(19-2)17-14(16-12)15-8-4-3-6-11-7-5-9-20-11/h10-11H,3-9H2,1-2H3,(H,15,16,17). The van der Waals surface area contributed by atoms with Crippen LogP contribution in [0.2, 0.25) is 0 Å². The highest BCUT2D eigenvalue weighted by atomic mass is 16.5. The highest BCUT2D eigenvalue weighted by Crippen LogP contribution is 2.19. The molecular weight excluding hydrogens is 258 g/mol. The lowest BCUT2D eigenvalue weighted by Crippen LogP contribution is -2.09. The van der Waals surface area contributed by atoms with Gasteiger partial charge in [-0.2, -0.15) is 9.97 Å². The van der Waals surface area contributed by atoms with Crippen LogP contribution in [0.1, 0.15) is 32.1 Å². The van der Waals surface area contributed by atoms with E-state index in [-0.39, 0.29) is 0 Å². The summed E-state index contributed by atoms with van der Waals surface area (Å²) < 4.78 is 15.8. The topological polar surface area (TPSA) is 65.5 Å². The van der Waals surface area contributed by atoms with E-state index in [4.69, 9.17) is 14.2 Å². The molecule has 112 valence electrons. The van der Waals surface area contributed by atoms with Crippen molar-refractivity contribution in [3.63, 3.8) is 0 Å². The van der Waals surface area contributed by atoms with Crippen molar-refractivity contribution in [3.05, 3.63) is 6.07 Å². The molecule has 0 aliphatic carbocycles. The Bertz CT molecular complexity index is 386. The lowest BCUT2D eigenvalue weighted by molar-refractivity contribution is 0.102. The smallest absolute Gasteiger partial charge is 0.229 e. The number of nitrogens with one attached hydrogen (secondary N) is 1. The minimum Gasteiger partial charge on any atom is -0.481 e. The molecule has 0 amide bonds. The first kappa shape index (κ1) is 14.8. The van der Waals surface area contributed by atoms with Crippen molar-refractivity contribution in [1.29, 1.82) is 0 Å². The Hall–Kier alpha value is -1.56. The van der Waals surface area contributed by atoms with Crippen molar-refractivity contribution in [1.82, 2.24) is 9.97 Å². The van der Waals surface area contributed by atoms with Gasteiger partial charge in [0.05, 0.1) is 26.4 Å². The Morgan fingerprint density at radius 1 is 1.25 bits per heavy atom. The molecule has 1 N–H and O–H groups in total. The van der Waals surface area contributed by atoms with Crippen LogP contribution >= 0.6 is 0 Å². The maximum Gasteiger partial charge on any atom is 0.229 e. The number of ether oxygens (including phenoxy) is 3. The van der Waals surface area contributed by atoms with Crippen molar-refractivity contribution in [2.75, 3.05) is 32.7 Å². The number of nitrogens with zero attached hydrogens (tertiary/aromatic N) is 2. The lowest BCUT2D eigenvalue weighted by Gasteiger charge is -2.10. The summed E-state index contributed by atoms with van der Waals surface area (Å²) in [5, 5.41) is 3.20. The van der Waals surface area contributed by atoms with Crippen molar-refractivity contribution in [2.45, 2.75) is 38.2 Å². The summed E-state index contributed by atoms with van der Waals surface area (Å²) in [6, 6.07) is 1.66. The molecule has 2 heterocycles. The zero-order chi connectivity index (χ0) is 14.2. The summed E-state index contributed by atoms with van der Waals surface area (Å²) in [6.07, 6.45) is 6.26. The van der Waals surface area contributed by atoms with Gasteiger partial charge in [0.2, 0.25) is 17.7 Å². The lowest BCUT2D eigenvalue weighted by atomic mass is 10.1. The van der Waals surface area contributed by atoms with E-state index in [1.165, 1.54) is 12.8 Å². The van der Waals surface area contributed by atoms with Crippen LogP contribution in [0.4, 0.5) is 5.95 Å². The molecule has 1 fully saturated rings. The summed E-state index contributed by atoms with van der Waals surface area (Å²) in [5.74, 6) is 1.54. The van der Waals surface area contributed by atoms with Gasteiger partial charge in [0.1, 0.15) is 0 Å². The van der Waals surface area contributed by atoms with Gasteiger partial charge >= 0.3 is 0 Å². The Balaban J connectivity index is 1.70. The Morgan fingerprint density at radius 2 is 2.00 bits per heavy atom. The summed E-state index contributed by atoms with van der Waals surface area (Å²) in [6.45, 7) is 1.77. The molecule has 0 bridgehead atoms. The van der Waals surface area contributed by atoms with Gasteiger partial charge in [-0.3, -0.25) is 0 Å². The maximum absolute atomic E-state index is 5.60. The van der Waals surface area contributed by atoms with E-state index in [2.05, 4.69) is 15.3 Å². The molecule has 1 aliphatic rings. The van der Waals surface area contributed by atoms with Gasteiger partial charge in [-0.15, -0.1) is 0 Å². The predicted octanol–water partition coefficient (Wildman–Crippen LogP) is 2.25. The van der Waals surface area contributed by atoms with Crippen molar-refractivity contribution < 1.29 is 14.2 Å². The van der Waals surface area contributed by atoms with Crippen LogP contribution in [0.3, 0.4) is 0 Å². The maximum atomic E-state index is 5.60. The normalized spacial score (nSPS) is 18.0. The van der Waals surface area contributed by atoms with Crippen molar-refractivity contribution >= 4 is 5.95 Å². The van der Waals surface area contributed by atoms with Gasteiger partial charge < -0.3 is 19.5 Å². The van der Waals surface area contributed by atoms with E-state index in [1.807, 2.05) is 0 Å². The molecule has 2 rings (SSSR count). The van der Waals surface area contributed by atoms with Crippen molar-refractivity contribution in [3.8, 4) is 11.8 Å². The minimum absolute atomic E-state index is 0.475. The molecule has 6 heteroatoms. The third kappa shape index (κ3) is 4.52. The van der Waals surface area contributed by atoms with Gasteiger partial charge in [0.25, 0.3) is 0 Å². The summed E-state index contributed by atoms with van der Waals surface area (Å²) in [7, 11) is 3.15. The number of unbranched alkanes of at least 4 members (excludes halogenated alkanes) is 1. The molecule has 1 saturated heterocycles. The van der Waals surface area contributed by atoms with Crippen LogP contribution in [0.15, 0.2) is 6.07 Å². The molecular formula is C14H23N3O3. The fraction of sp³-hybridized carbons (Fsp3) is 0.714. The number of aromatic nitrogens is 2. The average molecular weight is 281 g/mol. The highest BCUT2D eigenvalue weighted by molar-refractivity contribution is 5.33. The second-order valence-electron chi connectivity index (χ2n) is 4.83. The van der Waals surface area contributed by atoms with E-state index in [1.54, 1.807) is 20.3 Å². The van der Waals surface area contributed by atoms with E-state index < -0.39 is 0 Å². The first-order valence-electron chi connectivity index (χ1n) is 7.14. The number of rotatable bonds is 8. The third-order valence-corrected chi connectivity index (χ3v) is 3.36. The fourth-order valence-corrected chi connectivity index (χ4v) is 2.26. The Morgan fingerprint density at radius 3 is 2.60 bits per heavy atom. The van der Waals surface area contributed by atoms with Crippen LogP contribution < -0.4 is 14.8 Å². The van der Waals surface area contributed by atoms with Crippen LogP contribution in [0, 0.1) is 0 Å². The molecule has 1 unspecified atom stereocenters. The molecule has 0 aromatic carbocycles. The van der Waals surface area contributed by atoms with Crippen molar-refractivity contribution in [2.24, 2.45) is 0 Å². The van der Waals surface area contributed by atoms with Crippen LogP contribution in [-0.2, 0) is 4.74 Å². The largest absolute Gasteiger partial charge is 0.481 e. The zero-order valence-corrected chi connectivity index (χ0v) is 12.2. The fourth-order valence-electron chi connectivity index (χ4n) is 2.26. The van der Waals surface area contributed by atoms with Gasteiger partial charge in [0, 0.05) is 13.2 Å². The predicted molar refractivity (Wildman–Crippen MR) is 76.5 cm³/mol. The third-order valence-electron chi connectivity index (χ3n) is 3.36. The molecule has 1 aromatic heterocycles. The average Bonchev–Trinajstić information content (AvgIpc) is 2.99. The van der Waals surface area contributed by atoms with Crippen LogP contribution in [-0.4, -0.2) is 43.4 Å². The number of anilines is 1. The number of hydrogen-bond acceptors (Lipinski definition) is 6. The van der Waals surface area contributed by atoms with Gasteiger partial charge in [-0.1, -0.05) is 0 Å². The first-order valence-corrected chi connectivity index (χ1v) is 7.14. The quantitative estimate of drug-likeness (QED) is 0.737. The van der Waals surface area contributed by atoms with Gasteiger partial charge in [-0.05, 0) is 32.1 Å². The second-order valence-corrected chi connectivity index (χ2v) is 4.83. The summed E-state index contributed by atoms with van der Waals surface area (Å²) >= 11 is 0. The van der Waals surface area contributed by atoms with Crippen LogP contribution in [0.5, 0.6) is 11.8 Å². The molecule has 0 radical (unpaired) electrons. The number of methoxy groups -OCH3 is 2. The molecule has 1 aromatic rings. The van der Waals surface area contributed by atoms with E-state index >= 15 is 0 Å². The summed E-state index contributed by atoms with van der Waals surface area (Å²) in [4.78, 5) is 8.45. The van der Waals surface area contributed by atoms with Crippen LogP contribution in [0.25, 0.3) is 0 Å². The zero-order valence-electron chi connectivity index (χ0n) is 12.2. The number of hydrogen-bond donors (Lipinski definition) is 1. The first-order chi connectivity index (χ1) is 9.81. The molecule has 6 nitrogen and oxygen atoms in total. The molecule has 1 atom stereocenters. The highest BCUT2D eigenvalue weighted by Gasteiger charge is 2.14. The molecule has 0 spiro atoms. The monoisotopic (exact) mass is 281 g/mol. The molecule has 1 aliphatic heterocycles. The van der Waals surface area contributed by atoms with Gasteiger partial charge in [0.15, 0.2) is 0 Å². The second kappa shape index (κ2) is 7.89.